The van der Waals surface area contributed by atoms with Crippen molar-refractivity contribution in [3.63, 3.8) is 0 Å². The fraction of sp³-hybridized carbons (Fsp3) is 0.333. The molecule has 1 aromatic rings. The van der Waals surface area contributed by atoms with Crippen LogP contribution in [0.5, 0.6) is 0 Å². The fourth-order valence-corrected chi connectivity index (χ4v) is 3.01. The highest BCUT2D eigenvalue weighted by atomic mass is 19.1. The highest BCUT2D eigenvalue weighted by molar-refractivity contribution is 6.29. The molecule has 0 radical (unpaired) electrons. The van der Waals surface area contributed by atoms with Crippen LogP contribution in [0.3, 0.4) is 0 Å². The van der Waals surface area contributed by atoms with Gasteiger partial charge in [-0.3, -0.25) is 14.4 Å². The van der Waals surface area contributed by atoms with Gasteiger partial charge in [0.15, 0.2) is 5.41 Å². The molecule has 2 fully saturated rings. The molecule has 3 atom stereocenters. The standard InChI is InChI=1S/C15H11FN2O4/c1-2-22-14(21)15(7-17)10-11(15)13(20)18(12(10)19)9-6-4-3-5-8(9)16/h3-6,10-11H,2H2,1H3/t10-,11+,15?. The molecule has 1 aromatic carbocycles. The highest BCUT2D eigenvalue weighted by Gasteiger charge is 2.83. The summed E-state index contributed by atoms with van der Waals surface area (Å²) >= 11 is 0. The van der Waals surface area contributed by atoms with E-state index < -0.39 is 40.9 Å². The maximum atomic E-state index is 13.8. The number of ether oxygens (including phenoxy) is 1. The van der Waals surface area contributed by atoms with Crippen molar-refractivity contribution in [1.82, 2.24) is 0 Å². The molecule has 1 saturated heterocycles. The highest BCUT2D eigenvalue weighted by Crippen LogP contribution is 2.64. The number of nitriles is 1. The van der Waals surface area contributed by atoms with E-state index in [1.165, 1.54) is 18.2 Å². The van der Waals surface area contributed by atoms with Gasteiger partial charge in [-0.2, -0.15) is 5.26 Å². The van der Waals surface area contributed by atoms with Crippen LogP contribution in [-0.4, -0.2) is 24.4 Å². The maximum absolute atomic E-state index is 13.8. The van der Waals surface area contributed by atoms with Gasteiger partial charge in [0.05, 0.1) is 30.2 Å². The van der Waals surface area contributed by atoms with E-state index in [2.05, 4.69) is 0 Å². The number of hydrogen-bond donors (Lipinski definition) is 0. The number of imide groups is 1. The summed E-state index contributed by atoms with van der Waals surface area (Å²) < 4.78 is 18.6. The third-order valence-corrected chi connectivity index (χ3v) is 4.07. The molecule has 0 aromatic heterocycles. The second-order valence-corrected chi connectivity index (χ2v) is 5.12. The van der Waals surface area contributed by atoms with Crippen LogP contribution >= 0.6 is 0 Å². The molecule has 1 saturated carbocycles. The summed E-state index contributed by atoms with van der Waals surface area (Å²) in [4.78, 5) is 37.4. The first kappa shape index (κ1) is 14.2. The van der Waals surface area contributed by atoms with Gasteiger partial charge in [-0.25, -0.2) is 9.29 Å². The summed E-state index contributed by atoms with van der Waals surface area (Å²) in [5.74, 6) is -5.26. The lowest BCUT2D eigenvalue weighted by molar-refractivity contribution is -0.150. The largest absolute Gasteiger partial charge is 0.465 e. The number of nitrogens with zero attached hydrogens (tertiary/aromatic N) is 2. The first-order valence-corrected chi connectivity index (χ1v) is 6.71. The molecular formula is C15H11FN2O4. The molecule has 3 rings (SSSR count). The number of anilines is 1. The molecule has 6 nitrogen and oxygen atoms in total. The first-order chi connectivity index (χ1) is 10.5. The van der Waals surface area contributed by atoms with Crippen LogP contribution in [0, 0.1) is 34.4 Å². The minimum atomic E-state index is -1.76. The Morgan fingerprint density at radius 2 is 1.95 bits per heavy atom. The lowest BCUT2D eigenvalue weighted by Crippen LogP contribution is -2.40. The third kappa shape index (κ3) is 1.55. The second kappa shape index (κ2) is 4.63. The Balaban J connectivity index is 1.96. The van der Waals surface area contributed by atoms with E-state index >= 15 is 0 Å². The minimum Gasteiger partial charge on any atom is -0.465 e. The van der Waals surface area contributed by atoms with Crippen molar-refractivity contribution in [2.24, 2.45) is 17.3 Å². The summed E-state index contributed by atoms with van der Waals surface area (Å²) in [6.07, 6.45) is 0. The summed E-state index contributed by atoms with van der Waals surface area (Å²) in [5, 5.41) is 9.26. The minimum absolute atomic E-state index is 0.0428. The molecule has 112 valence electrons. The van der Waals surface area contributed by atoms with Crippen molar-refractivity contribution in [1.29, 1.82) is 5.26 Å². The number of piperidine rings is 1. The van der Waals surface area contributed by atoms with Crippen LogP contribution in [0.15, 0.2) is 24.3 Å². The smallest absolute Gasteiger partial charge is 0.328 e. The van der Waals surface area contributed by atoms with Crippen molar-refractivity contribution in [2.45, 2.75) is 6.92 Å². The summed E-state index contributed by atoms with van der Waals surface area (Å²) in [6.45, 7) is 1.61. The van der Waals surface area contributed by atoms with Gasteiger partial charge in [-0.1, -0.05) is 12.1 Å². The number of amides is 2. The quantitative estimate of drug-likeness (QED) is 0.614. The Morgan fingerprint density at radius 1 is 1.36 bits per heavy atom. The molecule has 0 bridgehead atoms. The van der Waals surface area contributed by atoms with E-state index in [0.29, 0.717) is 4.90 Å². The number of esters is 1. The number of rotatable bonds is 3. The van der Waals surface area contributed by atoms with E-state index in [9.17, 15) is 24.0 Å². The molecule has 0 N–H and O–H groups in total. The average molecular weight is 302 g/mol. The number of halogens is 1. The van der Waals surface area contributed by atoms with E-state index in [1.807, 2.05) is 0 Å². The van der Waals surface area contributed by atoms with Gasteiger partial charge in [0.2, 0.25) is 11.8 Å². The predicted octanol–water partition coefficient (Wildman–Crippen LogP) is 1.02. The summed E-state index contributed by atoms with van der Waals surface area (Å²) in [7, 11) is 0. The molecule has 2 amide bonds. The van der Waals surface area contributed by atoms with Crippen molar-refractivity contribution in [3.05, 3.63) is 30.1 Å². The monoisotopic (exact) mass is 302 g/mol. The molecule has 7 heteroatoms. The third-order valence-electron chi connectivity index (χ3n) is 4.07. The summed E-state index contributed by atoms with van der Waals surface area (Å²) in [5.41, 5.74) is -1.92. The Labute approximate surface area is 125 Å². The van der Waals surface area contributed by atoms with Crippen molar-refractivity contribution >= 4 is 23.5 Å². The Kier molecular flexibility index (Phi) is 2.99. The lowest BCUT2D eigenvalue weighted by atomic mass is 10.0. The van der Waals surface area contributed by atoms with Gasteiger partial charge in [-0.15, -0.1) is 0 Å². The van der Waals surface area contributed by atoms with Crippen molar-refractivity contribution in [3.8, 4) is 6.07 Å². The number of hydrogen-bond acceptors (Lipinski definition) is 5. The van der Waals surface area contributed by atoms with Gasteiger partial charge in [-0.05, 0) is 19.1 Å². The molecule has 1 unspecified atom stereocenters. The topological polar surface area (TPSA) is 87.5 Å². The van der Waals surface area contributed by atoms with Gasteiger partial charge in [0.1, 0.15) is 5.82 Å². The number of carbonyl (C=O) groups is 3. The van der Waals surface area contributed by atoms with E-state index in [4.69, 9.17) is 4.74 Å². The molecule has 1 heterocycles. The zero-order chi connectivity index (χ0) is 16.1. The number of carbonyl (C=O) groups excluding carboxylic acids is 3. The number of fused-ring (bicyclic) bond motifs is 1. The Bertz CT molecular complexity index is 717. The van der Waals surface area contributed by atoms with E-state index in [1.54, 1.807) is 13.0 Å². The van der Waals surface area contributed by atoms with Gasteiger partial charge < -0.3 is 4.74 Å². The van der Waals surface area contributed by atoms with Crippen LogP contribution in [0.4, 0.5) is 10.1 Å². The Morgan fingerprint density at radius 3 is 2.45 bits per heavy atom. The van der Waals surface area contributed by atoms with E-state index in [-0.39, 0.29) is 12.3 Å². The first-order valence-electron chi connectivity index (χ1n) is 6.71. The molecule has 0 spiro atoms. The zero-order valence-electron chi connectivity index (χ0n) is 11.6. The number of benzene rings is 1. The van der Waals surface area contributed by atoms with Crippen molar-refractivity contribution < 1.29 is 23.5 Å². The molecular weight excluding hydrogens is 291 g/mol. The number of para-hydroxylation sites is 1. The summed E-state index contributed by atoms with van der Waals surface area (Å²) in [6, 6.07) is 7.10. The Hall–Kier alpha value is -2.75. The van der Waals surface area contributed by atoms with Gasteiger partial charge >= 0.3 is 5.97 Å². The SMILES string of the molecule is CCOC(=O)C1(C#N)[C@@H]2C(=O)N(c3ccccc3F)C(=O)[C@@H]21. The van der Waals surface area contributed by atoms with Gasteiger partial charge in [0.25, 0.3) is 0 Å². The van der Waals surface area contributed by atoms with Gasteiger partial charge in [0, 0.05) is 0 Å². The normalized spacial score (nSPS) is 29.0. The predicted molar refractivity (Wildman–Crippen MR) is 70.6 cm³/mol. The van der Waals surface area contributed by atoms with E-state index in [0.717, 1.165) is 6.07 Å². The van der Waals surface area contributed by atoms with Crippen LogP contribution in [0.25, 0.3) is 0 Å². The average Bonchev–Trinajstić information content (AvgIpc) is 3.12. The van der Waals surface area contributed by atoms with Crippen molar-refractivity contribution in [2.75, 3.05) is 11.5 Å². The lowest BCUT2D eigenvalue weighted by Gasteiger charge is -2.20. The fourth-order valence-electron chi connectivity index (χ4n) is 3.01. The van der Waals surface area contributed by atoms with Crippen LogP contribution in [-0.2, 0) is 19.1 Å². The van der Waals surface area contributed by atoms with Crippen LogP contribution in [0.1, 0.15) is 6.92 Å². The second-order valence-electron chi connectivity index (χ2n) is 5.12. The molecule has 1 aliphatic heterocycles. The molecule has 22 heavy (non-hydrogen) atoms. The zero-order valence-corrected chi connectivity index (χ0v) is 11.6. The van der Waals surface area contributed by atoms with Crippen LogP contribution in [0.2, 0.25) is 0 Å². The maximum Gasteiger partial charge on any atom is 0.328 e. The molecule has 2 aliphatic rings. The van der Waals surface area contributed by atoms with Crippen LogP contribution < -0.4 is 4.90 Å². The molecule has 1 aliphatic carbocycles.